The minimum atomic E-state index is -4.84. The smallest absolute Gasteiger partial charge is 0.395 e. The van der Waals surface area contributed by atoms with Crippen molar-refractivity contribution < 1.29 is 31.3 Å². The molecule has 0 unspecified atom stereocenters. The molecule has 0 aliphatic rings. The van der Waals surface area contributed by atoms with Crippen LogP contribution in [0.4, 0.5) is 13.2 Å². The minimum absolute atomic E-state index is 0.0532. The Hall–Kier alpha value is -2.76. The predicted molar refractivity (Wildman–Crippen MR) is 103 cm³/mol. The molecular weight excluding hydrogens is 404 g/mol. The number of hydrogen-bond acceptors (Lipinski definition) is 4. The fourth-order valence-electron chi connectivity index (χ4n) is 2.54. The van der Waals surface area contributed by atoms with E-state index in [1.54, 1.807) is 43.3 Å². The molecule has 0 saturated carbocycles. The number of phosphoric acid groups is 1. The normalized spacial score (nSPS) is 14.6. The van der Waals surface area contributed by atoms with Crippen LogP contribution in [0.1, 0.15) is 17.2 Å². The Bertz CT molecular complexity index is 978. The van der Waals surface area contributed by atoms with Gasteiger partial charge in [0.15, 0.2) is 6.10 Å². The van der Waals surface area contributed by atoms with E-state index in [2.05, 4.69) is 0 Å². The van der Waals surface area contributed by atoms with E-state index in [1.807, 2.05) is 0 Å². The van der Waals surface area contributed by atoms with E-state index in [-0.39, 0.29) is 17.1 Å². The van der Waals surface area contributed by atoms with Crippen molar-refractivity contribution in [1.82, 2.24) is 0 Å². The second-order valence-electron chi connectivity index (χ2n) is 6.20. The molecule has 0 N–H and O–H groups in total. The van der Waals surface area contributed by atoms with Gasteiger partial charge >= 0.3 is 14.0 Å². The average molecular weight is 422 g/mol. The fraction of sp³-hybridized carbons (Fsp3) is 0.143. The Kier molecular flexibility index (Phi) is 6.30. The highest BCUT2D eigenvalue weighted by Crippen LogP contribution is 2.55. The molecule has 3 rings (SSSR count). The Balaban J connectivity index is 1.97. The van der Waals surface area contributed by atoms with Crippen LogP contribution in [0.2, 0.25) is 0 Å². The summed E-state index contributed by atoms with van der Waals surface area (Å²) in [4.78, 5) is 0. The first-order valence-electron chi connectivity index (χ1n) is 8.66. The summed E-state index contributed by atoms with van der Waals surface area (Å²) < 4.78 is 70.2. The van der Waals surface area contributed by atoms with Crippen LogP contribution in [-0.4, -0.2) is 6.18 Å². The number of benzene rings is 3. The van der Waals surface area contributed by atoms with Gasteiger partial charge in [-0.2, -0.15) is 13.2 Å². The lowest BCUT2D eigenvalue weighted by atomic mass is 10.1. The van der Waals surface area contributed by atoms with Crippen LogP contribution in [0, 0.1) is 6.92 Å². The zero-order valence-corrected chi connectivity index (χ0v) is 16.3. The van der Waals surface area contributed by atoms with Gasteiger partial charge in [-0.15, -0.1) is 0 Å². The zero-order valence-electron chi connectivity index (χ0n) is 15.4. The first kappa shape index (κ1) is 21.0. The molecule has 0 heterocycles. The Morgan fingerprint density at radius 2 is 1.34 bits per heavy atom. The summed E-state index contributed by atoms with van der Waals surface area (Å²) in [5.74, 6) is 0.121. The van der Waals surface area contributed by atoms with Crippen molar-refractivity contribution in [1.29, 1.82) is 0 Å². The van der Waals surface area contributed by atoms with E-state index in [4.69, 9.17) is 13.6 Å². The van der Waals surface area contributed by atoms with Crippen LogP contribution in [0.15, 0.2) is 84.9 Å². The van der Waals surface area contributed by atoms with E-state index in [0.29, 0.717) is 0 Å². The van der Waals surface area contributed by atoms with Gasteiger partial charge in [-0.25, -0.2) is 9.09 Å². The topological polar surface area (TPSA) is 44.8 Å². The van der Waals surface area contributed by atoms with Gasteiger partial charge in [-0.3, -0.25) is 0 Å². The van der Waals surface area contributed by atoms with Gasteiger partial charge in [-0.05, 0) is 42.3 Å². The van der Waals surface area contributed by atoms with Crippen molar-refractivity contribution in [2.75, 3.05) is 0 Å². The third-order valence-electron chi connectivity index (χ3n) is 3.80. The summed E-state index contributed by atoms with van der Waals surface area (Å²) in [6.45, 7) is 1.76. The van der Waals surface area contributed by atoms with Crippen LogP contribution in [0.5, 0.6) is 11.5 Å². The van der Waals surface area contributed by atoms with Gasteiger partial charge in [0.25, 0.3) is 0 Å². The highest BCUT2D eigenvalue weighted by molar-refractivity contribution is 7.49. The highest BCUT2D eigenvalue weighted by Gasteiger charge is 2.48. The van der Waals surface area contributed by atoms with Crippen molar-refractivity contribution in [3.63, 3.8) is 0 Å². The van der Waals surface area contributed by atoms with Crippen molar-refractivity contribution in [3.05, 3.63) is 96.1 Å². The lowest BCUT2D eigenvalue weighted by Crippen LogP contribution is -2.24. The van der Waals surface area contributed by atoms with E-state index in [1.165, 1.54) is 48.5 Å². The first-order valence-corrected chi connectivity index (χ1v) is 10.1. The van der Waals surface area contributed by atoms with Crippen LogP contribution in [0.3, 0.4) is 0 Å². The molecule has 29 heavy (non-hydrogen) atoms. The number of halogens is 3. The molecule has 0 saturated heterocycles. The molecule has 0 amide bonds. The van der Waals surface area contributed by atoms with Crippen molar-refractivity contribution in [2.24, 2.45) is 0 Å². The van der Waals surface area contributed by atoms with Gasteiger partial charge in [0.1, 0.15) is 11.5 Å². The second kappa shape index (κ2) is 8.72. The van der Waals surface area contributed by atoms with Crippen molar-refractivity contribution in [3.8, 4) is 11.5 Å². The van der Waals surface area contributed by atoms with Crippen LogP contribution < -0.4 is 9.05 Å². The lowest BCUT2D eigenvalue weighted by Gasteiger charge is -2.26. The largest absolute Gasteiger partial charge is 0.588 e. The molecule has 2 atom stereocenters. The maximum Gasteiger partial charge on any atom is 0.588 e. The van der Waals surface area contributed by atoms with Gasteiger partial charge in [-0.1, -0.05) is 60.7 Å². The molecule has 152 valence electrons. The summed E-state index contributed by atoms with van der Waals surface area (Å²) in [5.41, 5.74) is 0.550. The molecule has 8 heteroatoms. The lowest BCUT2D eigenvalue weighted by molar-refractivity contribution is -0.201. The second-order valence-corrected chi connectivity index (χ2v) is 7.67. The maximum absolute atomic E-state index is 13.7. The molecule has 0 aliphatic heterocycles. The average Bonchev–Trinajstić information content (AvgIpc) is 2.67. The molecule has 3 aromatic carbocycles. The maximum atomic E-state index is 13.7. The Morgan fingerprint density at radius 1 is 0.793 bits per heavy atom. The summed E-state index contributed by atoms with van der Waals surface area (Å²) in [6, 6.07) is 21.0. The van der Waals surface area contributed by atoms with Gasteiger partial charge < -0.3 is 9.05 Å². The monoisotopic (exact) mass is 422 g/mol. The number of hydrogen-bond donors (Lipinski definition) is 0. The molecule has 0 spiro atoms. The van der Waals surface area contributed by atoms with E-state index < -0.39 is 20.1 Å². The summed E-state index contributed by atoms with van der Waals surface area (Å²) in [5, 5.41) is 0. The first-order chi connectivity index (χ1) is 13.8. The summed E-state index contributed by atoms with van der Waals surface area (Å²) >= 11 is 0. The van der Waals surface area contributed by atoms with E-state index in [0.717, 1.165) is 5.56 Å². The predicted octanol–water partition coefficient (Wildman–Crippen LogP) is 6.88. The quantitative estimate of drug-likeness (QED) is 0.389. The number of rotatable bonds is 7. The third-order valence-corrected chi connectivity index (χ3v) is 5.14. The van der Waals surface area contributed by atoms with Gasteiger partial charge in [0, 0.05) is 0 Å². The van der Waals surface area contributed by atoms with Crippen molar-refractivity contribution in [2.45, 2.75) is 19.2 Å². The molecular formula is C21H18F3O4P. The molecule has 0 aromatic heterocycles. The molecule has 0 aliphatic carbocycles. The molecule has 0 bridgehead atoms. The standard InChI is InChI=1S/C21H18F3O4P/c1-16-9-8-14-19(15-16)27-29(25,26-18-12-6-3-7-13-18)28-20(21(22,23)24)17-10-4-2-5-11-17/h2-15,20H,1H3/t20-,29+/m1/s1. The number of aryl methyl sites for hydroxylation is 1. The number of alkyl halides is 3. The van der Waals surface area contributed by atoms with Crippen molar-refractivity contribution >= 4 is 7.82 Å². The fourth-order valence-corrected chi connectivity index (χ4v) is 3.91. The van der Waals surface area contributed by atoms with E-state index in [9.17, 15) is 17.7 Å². The molecule has 0 radical (unpaired) electrons. The van der Waals surface area contributed by atoms with Crippen LogP contribution in [0.25, 0.3) is 0 Å². The zero-order chi connectivity index (χ0) is 20.9. The number of para-hydroxylation sites is 1. The molecule has 0 fully saturated rings. The SMILES string of the molecule is Cc1cccc(O[P@](=O)(Oc2ccccc2)O[C@H](c2ccccc2)C(F)(F)F)c1. The third kappa shape index (κ3) is 5.86. The summed E-state index contributed by atoms with van der Waals surface area (Å²) in [7, 11) is -4.72. The Morgan fingerprint density at radius 3 is 1.93 bits per heavy atom. The number of phosphoric ester groups is 1. The highest BCUT2D eigenvalue weighted by atomic mass is 31.2. The molecule has 4 nitrogen and oxygen atoms in total. The van der Waals surface area contributed by atoms with Crippen LogP contribution in [-0.2, 0) is 9.09 Å². The van der Waals surface area contributed by atoms with Crippen LogP contribution >= 0.6 is 7.82 Å². The molecule has 3 aromatic rings. The van der Waals surface area contributed by atoms with Gasteiger partial charge in [0.05, 0.1) is 0 Å². The Labute approximate surface area is 166 Å². The van der Waals surface area contributed by atoms with E-state index >= 15 is 0 Å². The minimum Gasteiger partial charge on any atom is -0.395 e. The summed E-state index contributed by atoms with van der Waals surface area (Å²) in [6.07, 6.45) is -7.34. The van der Waals surface area contributed by atoms with Gasteiger partial charge in [0.2, 0.25) is 0 Å².